The minimum absolute atomic E-state index is 0.0554. The normalized spacial score (nSPS) is 16.5. The van der Waals surface area contributed by atoms with Crippen molar-refractivity contribution in [2.75, 3.05) is 18.7 Å². The fourth-order valence-electron chi connectivity index (χ4n) is 2.97. The Labute approximate surface area is 142 Å². The molecular weight excluding hydrogens is 330 g/mol. The monoisotopic (exact) mass is 347 g/mol. The third kappa shape index (κ3) is 2.62. The zero-order valence-electron chi connectivity index (χ0n) is 13.5. The van der Waals surface area contributed by atoms with E-state index < -0.39 is 5.92 Å². The number of ether oxygens (including phenoxy) is 1. The topological polar surface area (TPSA) is 93.4 Å². The molecule has 1 amide bonds. The van der Waals surface area contributed by atoms with E-state index in [0.717, 1.165) is 0 Å². The van der Waals surface area contributed by atoms with Crippen LogP contribution in [0.3, 0.4) is 0 Å². The molecule has 2 N–H and O–H groups in total. The molecule has 0 aliphatic carbocycles. The van der Waals surface area contributed by atoms with E-state index in [9.17, 15) is 14.7 Å². The summed E-state index contributed by atoms with van der Waals surface area (Å²) in [5.41, 5.74) is 0.730. The Hall–Kier alpha value is -2.48. The highest BCUT2D eigenvalue weighted by Crippen LogP contribution is 2.40. The molecule has 2 aromatic rings. The van der Waals surface area contributed by atoms with Gasteiger partial charge in [0.15, 0.2) is 5.16 Å². The molecule has 126 valence electrons. The van der Waals surface area contributed by atoms with Gasteiger partial charge in [-0.3, -0.25) is 9.59 Å². The predicted octanol–water partition coefficient (Wildman–Crippen LogP) is 1.69. The van der Waals surface area contributed by atoms with E-state index in [0.29, 0.717) is 27.9 Å². The van der Waals surface area contributed by atoms with Crippen LogP contribution in [0.5, 0.6) is 11.5 Å². The van der Waals surface area contributed by atoms with Gasteiger partial charge in [0.25, 0.3) is 5.56 Å². The number of carbonyl (C=O) groups is 1. The second-order valence-corrected chi connectivity index (χ2v) is 6.23. The summed E-state index contributed by atoms with van der Waals surface area (Å²) < 4.78 is 7.03. The van der Waals surface area contributed by atoms with Crippen molar-refractivity contribution in [3.63, 3.8) is 0 Å². The van der Waals surface area contributed by atoms with Crippen LogP contribution in [-0.2, 0) is 11.8 Å². The van der Waals surface area contributed by atoms with Crippen LogP contribution in [0, 0.1) is 0 Å². The van der Waals surface area contributed by atoms with E-state index in [4.69, 9.17) is 4.74 Å². The standard InChI is InChI=1S/C16H17N3O4S/c1-19-14-13(15(22)18-16(19)24-3)10(7-12(21)17-14)9-5-4-8(20)6-11(9)23-2/h4-6,10,20H,7H2,1-3H3,(H,17,21). The van der Waals surface area contributed by atoms with Gasteiger partial charge in [0.2, 0.25) is 5.91 Å². The lowest BCUT2D eigenvalue weighted by Crippen LogP contribution is -2.33. The molecule has 1 aromatic heterocycles. The van der Waals surface area contributed by atoms with Crippen LogP contribution in [0.2, 0.25) is 0 Å². The highest BCUT2D eigenvalue weighted by Gasteiger charge is 2.33. The van der Waals surface area contributed by atoms with Gasteiger partial charge in [0.1, 0.15) is 17.3 Å². The maximum atomic E-state index is 12.6. The molecular formula is C16H17N3O4S. The number of phenolic OH excluding ortho intramolecular Hbond substituents is 1. The fourth-order valence-corrected chi connectivity index (χ4v) is 3.51. The van der Waals surface area contributed by atoms with Crippen LogP contribution < -0.4 is 15.6 Å². The number of hydrogen-bond acceptors (Lipinski definition) is 6. The van der Waals surface area contributed by atoms with Crippen molar-refractivity contribution >= 4 is 23.5 Å². The Kier molecular flexibility index (Phi) is 4.23. The van der Waals surface area contributed by atoms with Crippen molar-refractivity contribution in [1.29, 1.82) is 0 Å². The summed E-state index contributed by atoms with van der Waals surface area (Å²) >= 11 is 1.33. The molecule has 1 aliphatic heterocycles. The molecule has 8 heteroatoms. The highest BCUT2D eigenvalue weighted by atomic mass is 32.2. The van der Waals surface area contributed by atoms with Gasteiger partial charge < -0.3 is 19.7 Å². The van der Waals surface area contributed by atoms with Crippen LogP contribution in [-0.4, -0.2) is 33.9 Å². The van der Waals surface area contributed by atoms with Crippen molar-refractivity contribution in [2.45, 2.75) is 17.5 Å². The average Bonchev–Trinajstić information content (AvgIpc) is 2.57. The summed E-state index contributed by atoms with van der Waals surface area (Å²) in [4.78, 5) is 28.9. The number of methoxy groups -OCH3 is 1. The first-order chi connectivity index (χ1) is 11.5. The number of aromatic hydroxyl groups is 1. The van der Waals surface area contributed by atoms with Gasteiger partial charge in [-0.2, -0.15) is 4.98 Å². The summed E-state index contributed by atoms with van der Waals surface area (Å²) in [6.45, 7) is 0. The highest BCUT2D eigenvalue weighted by molar-refractivity contribution is 7.98. The van der Waals surface area contributed by atoms with Crippen molar-refractivity contribution in [1.82, 2.24) is 9.55 Å². The first kappa shape index (κ1) is 16.4. The maximum Gasteiger partial charge on any atom is 0.279 e. The Morgan fingerprint density at radius 2 is 2.17 bits per heavy atom. The number of nitrogens with one attached hydrogen (secondary N) is 1. The number of benzene rings is 1. The van der Waals surface area contributed by atoms with E-state index >= 15 is 0 Å². The molecule has 0 bridgehead atoms. The van der Waals surface area contributed by atoms with Gasteiger partial charge in [0.05, 0.1) is 12.7 Å². The van der Waals surface area contributed by atoms with E-state index in [-0.39, 0.29) is 23.6 Å². The SMILES string of the molecule is COc1cc(O)ccc1C1CC(=O)Nc2c1c(=O)nc(SC)n2C. The zero-order chi connectivity index (χ0) is 17.4. The molecule has 1 atom stereocenters. The zero-order valence-corrected chi connectivity index (χ0v) is 14.3. The van der Waals surface area contributed by atoms with Crippen molar-refractivity contribution < 1.29 is 14.6 Å². The molecule has 1 aromatic carbocycles. The van der Waals surface area contributed by atoms with Crippen LogP contribution >= 0.6 is 11.8 Å². The predicted molar refractivity (Wildman–Crippen MR) is 91.0 cm³/mol. The summed E-state index contributed by atoms with van der Waals surface area (Å²) in [6, 6.07) is 4.65. The van der Waals surface area contributed by atoms with E-state index in [1.54, 1.807) is 17.7 Å². The van der Waals surface area contributed by atoms with Gasteiger partial charge in [-0.25, -0.2) is 0 Å². The Balaban J connectivity index is 2.26. The second-order valence-electron chi connectivity index (χ2n) is 5.46. The average molecular weight is 347 g/mol. The molecule has 0 radical (unpaired) electrons. The summed E-state index contributed by atoms with van der Waals surface area (Å²) in [7, 11) is 3.24. The number of rotatable bonds is 3. The number of anilines is 1. The number of nitrogens with zero attached hydrogens (tertiary/aromatic N) is 2. The minimum atomic E-state index is -0.480. The number of amides is 1. The Bertz CT molecular complexity index is 878. The largest absolute Gasteiger partial charge is 0.508 e. The number of thioether (sulfide) groups is 1. The van der Waals surface area contributed by atoms with Gasteiger partial charge in [-0.1, -0.05) is 17.8 Å². The van der Waals surface area contributed by atoms with Crippen LogP contribution in [0.1, 0.15) is 23.5 Å². The lowest BCUT2D eigenvalue weighted by molar-refractivity contribution is -0.116. The van der Waals surface area contributed by atoms with E-state index in [2.05, 4.69) is 10.3 Å². The molecule has 1 unspecified atom stereocenters. The number of phenols is 1. The van der Waals surface area contributed by atoms with Gasteiger partial charge in [0, 0.05) is 31.0 Å². The molecule has 24 heavy (non-hydrogen) atoms. The fraction of sp³-hybridized carbons (Fsp3) is 0.312. The summed E-state index contributed by atoms with van der Waals surface area (Å²) in [5, 5.41) is 12.9. The summed E-state index contributed by atoms with van der Waals surface area (Å²) in [5.74, 6) is 0.273. The lowest BCUT2D eigenvalue weighted by atomic mass is 9.86. The van der Waals surface area contributed by atoms with Gasteiger partial charge in [-0.05, 0) is 12.3 Å². The molecule has 0 saturated heterocycles. The molecule has 1 aliphatic rings. The third-order valence-corrected chi connectivity index (χ3v) is 4.81. The van der Waals surface area contributed by atoms with E-state index in [1.807, 2.05) is 6.26 Å². The number of hydrogen-bond donors (Lipinski definition) is 2. The first-order valence-corrected chi connectivity index (χ1v) is 8.50. The molecule has 0 fully saturated rings. The maximum absolute atomic E-state index is 12.6. The van der Waals surface area contributed by atoms with Crippen LogP contribution in [0.15, 0.2) is 28.2 Å². The second kappa shape index (κ2) is 6.20. The van der Waals surface area contributed by atoms with Crippen LogP contribution in [0.25, 0.3) is 0 Å². The molecule has 3 rings (SSSR count). The third-order valence-electron chi connectivity index (χ3n) is 4.08. The molecule has 2 heterocycles. The first-order valence-electron chi connectivity index (χ1n) is 7.28. The summed E-state index contributed by atoms with van der Waals surface area (Å²) in [6.07, 6.45) is 1.93. The lowest BCUT2D eigenvalue weighted by Gasteiger charge is -2.28. The number of aromatic nitrogens is 2. The Morgan fingerprint density at radius 3 is 2.83 bits per heavy atom. The van der Waals surface area contributed by atoms with E-state index in [1.165, 1.54) is 31.0 Å². The molecule has 0 saturated carbocycles. The molecule has 0 spiro atoms. The minimum Gasteiger partial charge on any atom is -0.508 e. The van der Waals surface area contributed by atoms with Gasteiger partial charge >= 0.3 is 0 Å². The number of carbonyl (C=O) groups excluding carboxylic acids is 1. The smallest absolute Gasteiger partial charge is 0.279 e. The van der Waals surface area contributed by atoms with Crippen molar-refractivity contribution in [3.05, 3.63) is 39.7 Å². The molecule has 7 nitrogen and oxygen atoms in total. The van der Waals surface area contributed by atoms with Crippen LogP contribution in [0.4, 0.5) is 5.82 Å². The van der Waals surface area contributed by atoms with Crippen molar-refractivity contribution in [2.24, 2.45) is 7.05 Å². The van der Waals surface area contributed by atoms with Crippen molar-refractivity contribution in [3.8, 4) is 11.5 Å². The number of fused-ring (bicyclic) bond motifs is 1. The van der Waals surface area contributed by atoms with Gasteiger partial charge in [-0.15, -0.1) is 0 Å². The Morgan fingerprint density at radius 1 is 1.42 bits per heavy atom. The quantitative estimate of drug-likeness (QED) is 0.648.